The van der Waals surface area contributed by atoms with Crippen molar-refractivity contribution < 1.29 is 36.4 Å². The highest BCUT2D eigenvalue weighted by molar-refractivity contribution is 7.91. The Labute approximate surface area is 346 Å². The molecule has 59 heavy (non-hydrogen) atoms. The maximum absolute atomic E-state index is 13.5. The Morgan fingerprint density at radius 1 is 0.847 bits per heavy atom. The summed E-state index contributed by atoms with van der Waals surface area (Å²) in [5.74, 6) is 2.22. The Morgan fingerprint density at radius 3 is 2.25 bits per heavy atom. The van der Waals surface area contributed by atoms with Crippen LogP contribution in [0.25, 0.3) is 10.8 Å². The van der Waals surface area contributed by atoms with Crippen LogP contribution >= 0.6 is 0 Å². The Hall–Kier alpha value is -5.91. The molecule has 15 nitrogen and oxygen atoms in total. The molecule has 1 aromatic heterocycles. The fourth-order valence-corrected chi connectivity index (χ4v) is 8.26. The zero-order valence-corrected chi connectivity index (χ0v) is 35.4. The summed E-state index contributed by atoms with van der Waals surface area (Å²) in [5, 5.41) is 13.5. The third-order valence-electron chi connectivity index (χ3n) is 9.62. The second kappa shape index (κ2) is 18.3. The van der Waals surface area contributed by atoms with Crippen molar-refractivity contribution in [2.45, 2.75) is 26.2 Å². The van der Waals surface area contributed by atoms with Gasteiger partial charge in [-0.3, -0.25) is 9.69 Å². The van der Waals surface area contributed by atoms with Crippen LogP contribution in [0.1, 0.15) is 36.7 Å². The van der Waals surface area contributed by atoms with Gasteiger partial charge in [0.05, 0.1) is 48.4 Å². The number of sulfone groups is 1. The second-order valence-electron chi connectivity index (χ2n) is 14.9. The van der Waals surface area contributed by atoms with Crippen LogP contribution in [0, 0.1) is 0 Å². The van der Waals surface area contributed by atoms with Crippen LogP contribution in [0.3, 0.4) is 0 Å². The first-order valence-corrected chi connectivity index (χ1v) is 22.2. The van der Waals surface area contributed by atoms with Crippen molar-refractivity contribution in [1.29, 1.82) is 0 Å². The molecule has 312 valence electrons. The van der Waals surface area contributed by atoms with Crippen LogP contribution < -0.4 is 40.2 Å². The van der Waals surface area contributed by atoms with Gasteiger partial charge < -0.3 is 40.2 Å². The molecule has 5 aromatic rings. The molecular formula is C42H49N7O8S2. The minimum atomic E-state index is -2.97. The van der Waals surface area contributed by atoms with Crippen molar-refractivity contribution in [2.24, 2.45) is 0 Å². The van der Waals surface area contributed by atoms with Gasteiger partial charge in [-0.15, -0.1) is 0 Å². The van der Waals surface area contributed by atoms with Gasteiger partial charge in [0, 0.05) is 67.2 Å². The molecule has 2 heterocycles. The van der Waals surface area contributed by atoms with E-state index >= 15 is 0 Å². The van der Waals surface area contributed by atoms with Gasteiger partial charge in [0.15, 0.2) is 15.6 Å². The minimum Gasteiger partial charge on any atom is -0.496 e. The van der Waals surface area contributed by atoms with Crippen molar-refractivity contribution in [3.63, 3.8) is 0 Å². The third kappa shape index (κ3) is 11.0. The summed E-state index contributed by atoms with van der Waals surface area (Å²) in [6.45, 7) is 7.97. The van der Waals surface area contributed by atoms with Crippen LogP contribution in [0.15, 0.2) is 85.1 Å². The van der Waals surface area contributed by atoms with E-state index in [-0.39, 0.29) is 22.8 Å². The predicted molar refractivity (Wildman–Crippen MR) is 234 cm³/mol. The number of urea groups is 1. The molecular weight excluding hydrogens is 795 g/mol. The fourth-order valence-electron chi connectivity index (χ4n) is 6.52. The number of anilines is 5. The average molecular weight is 844 g/mol. The van der Waals surface area contributed by atoms with E-state index < -0.39 is 26.9 Å². The lowest BCUT2D eigenvalue weighted by Gasteiger charge is -2.26. The molecule has 1 saturated heterocycles. The molecule has 1 unspecified atom stereocenters. The zero-order valence-electron chi connectivity index (χ0n) is 33.8. The summed E-state index contributed by atoms with van der Waals surface area (Å²) in [6, 6.07) is 22.9. The largest absolute Gasteiger partial charge is 0.496 e. The van der Waals surface area contributed by atoms with Gasteiger partial charge in [0.2, 0.25) is 0 Å². The highest BCUT2D eigenvalue weighted by Gasteiger charge is 2.23. The highest BCUT2D eigenvalue weighted by atomic mass is 32.2. The molecule has 5 N–H and O–H groups in total. The molecule has 0 aliphatic carbocycles. The number of nitrogens with one attached hydrogen (secondary N) is 5. The van der Waals surface area contributed by atoms with Gasteiger partial charge >= 0.3 is 6.03 Å². The molecule has 17 heteroatoms. The van der Waals surface area contributed by atoms with Gasteiger partial charge in [0.1, 0.15) is 34.1 Å². The molecule has 0 bridgehead atoms. The van der Waals surface area contributed by atoms with E-state index in [1.54, 1.807) is 48.7 Å². The summed E-state index contributed by atoms with van der Waals surface area (Å²) in [7, 11) is -1.36. The molecule has 0 saturated carbocycles. The summed E-state index contributed by atoms with van der Waals surface area (Å²) in [4.78, 5) is 33.0. The van der Waals surface area contributed by atoms with E-state index in [0.29, 0.717) is 83.3 Å². The Balaban J connectivity index is 1.13. The number of fused-ring (bicyclic) bond motifs is 1. The maximum atomic E-state index is 13.5. The second-order valence-corrected chi connectivity index (χ2v) is 18.3. The average Bonchev–Trinajstić information content (AvgIpc) is 3.19. The third-order valence-corrected chi connectivity index (χ3v) is 11.7. The number of methoxy groups -OCH3 is 2. The minimum absolute atomic E-state index is 0.133. The number of nitrogens with zero attached hydrogens (tertiary/aromatic N) is 2. The summed E-state index contributed by atoms with van der Waals surface area (Å²) in [6.07, 6.45) is 3.13. The Morgan fingerprint density at radius 2 is 1.56 bits per heavy atom. The van der Waals surface area contributed by atoms with Crippen LogP contribution in [0.2, 0.25) is 0 Å². The van der Waals surface area contributed by atoms with Gasteiger partial charge in [-0.1, -0.05) is 45.0 Å². The first-order valence-electron chi connectivity index (χ1n) is 18.8. The van der Waals surface area contributed by atoms with E-state index in [0.717, 1.165) is 16.3 Å². The van der Waals surface area contributed by atoms with Crippen molar-refractivity contribution in [1.82, 2.24) is 15.2 Å². The fraction of sp³-hybridized carbons (Fsp3) is 0.310. The van der Waals surface area contributed by atoms with Gasteiger partial charge in [-0.2, -0.15) is 0 Å². The lowest BCUT2D eigenvalue weighted by molar-refractivity contribution is 0.0945. The van der Waals surface area contributed by atoms with Crippen molar-refractivity contribution in [3.8, 4) is 23.0 Å². The lowest BCUT2D eigenvalue weighted by Crippen LogP contribution is -2.43. The monoisotopic (exact) mass is 843 g/mol. The first-order chi connectivity index (χ1) is 28.1. The summed E-state index contributed by atoms with van der Waals surface area (Å²) < 4.78 is 56.0. The molecule has 1 atom stereocenters. The van der Waals surface area contributed by atoms with Crippen LogP contribution in [-0.2, 0) is 26.2 Å². The summed E-state index contributed by atoms with van der Waals surface area (Å²) >= 11 is 0. The lowest BCUT2D eigenvalue weighted by atomic mass is 9.86. The topological polar surface area (TPSA) is 189 Å². The Kier molecular flexibility index (Phi) is 13.3. The standard InChI is InChI=1S/C42H49N7O8S2/c1-42(2,3)27-23-34(39(56-5)35(24-27)48-58(6)52)47-41(51)46-33-13-14-36(31-10-8-7-9-30(31)33)57-29-15-16-43-38(26-29)45-28-11-12-32(37(25-28)55-4)40(50)44-17-18-49-19-21-59(53,54)22-20-49/h7-16,23-26,48H,17-22H2,1-6H3,(H,43,45)(H,44,50)(H2,46,47,51). The number of rotatable bonds is 14. The van der Waals surface area contributed by atoms with Crippen LogP contribution in [0.5, 0.6) is 23.0 Å². The predicted octanol–water partition coefficient (Wildman–Crippen LogP) is 6.90. The van der Waals surface area contributed by atoms with E-state index in [9.17, 15) is 22.2 Å². The van der Waals surface area contributed by atoms with Crippen LogP contribution in [0.4, 0.5) is 33.4 Å². The number of carbonyl (C=O) groups excluding carboxylic acids is 2. The van der Waals surface area contributed by atoms with E-state index in [4.69, 9.17) is 14.2 Å². The number of pyridine rings is 1. The summed E-state index contributed by atoms with van der Waals surface area (Å²) in [5.41, 5.74) is 3.09. The molecule has 0 spiro atoms. The number of aromatic nitrogens is 1. The quantitative estimate of drug-likeness (QED) is 0.0783. The van der Waals surface area contributed by atoms with Gasteiger partial charge in [-0.05, 0) is 53.4 Å². The molecule has 1 aliphatic rings. The van der Waals surface area contributed by atoms with E-state index in [1.807, 2.05) is 62.1 Å². The Bertz CT molecular complexity index is 2480. The molecule has 1 fully saturated rings. The van der Waals surface area contributed by atoms with E-state index in [1.165, 1.54) is 20.5 Å². The van der Waals surface area contributed by atoms with Crippen molar-refractivity contribution in [2.75, 3.05) is 78.8 Å². The molecule has 6 rings (SSSR count). The van der Waals surface area contributed by atoms with Crippen LogP contribution in [-0.4, -0.2) is 92.6 Å². The van der Waals surface area contributed by atoms with Gasteiger partial charge in [-0.25, -0.2) is 22.4 Å². The maximum Gasteiger partial charge on any atom is 0.323 e. The molecule has 4 aromatic carbocycles. The number of amides is 3. The number of hydrogen-bond donors (Lipinski definition) is 5. The molecule has 3 amide bonds. The number of benzene rings is 4. The van der Waals surface area contributed by atoms with Crippen molar-refractivity contribution >= 4 is 72.1 Å². The molecule has 1 aliphatic heterocycles. The normalized spacial score (nSPS) is 14.5. The zero-order chi connectivity index (χ0) is 42.3. The van der Waals surface area contributed by atoms with Crippen molar-refractivity contribution in [3.05, 3.63) is 96.2 Å². The smallest absolute Gasteiger partial charge is 0.323 e. The van der Waals surface area contributed by atoms with Gasteiger partial charge in [0.25, 0.3) is 5.91 Å². The van der Waals surface area contributed by atoms with E-state index in [2.05, 4.69) is 31.0 Å². The number of ether oxygens (including phenoxy) is 3. The molecule has 0 radical (unpaired) electrons. The highest BCUT2D eigenvalue weighted by Crippen LogP contribution is 2.40. The first kappa shape index (κ1) is 42.7. The SMILES string of the molecule is COc1cc(Nc2cc(Oc3ccc(NC(=O)Nc4cc(C(C)(C)C)cc(NS(C)=O)c4OC)c4ccccc34)ccn2)ccc1C(=O)NCCN1CCS(=O)(=O)CC1. The number of hydrogen-bond acceptors (Lipinski definition) is 11. The number of carbonyl (C=O) groups is 2.